The molecule has 26 heavy (non-hydrogen) atoms. The number of nitrogens with one attached hydrogen (secondary N) is 2. The predicted octanol–water partition coefficient (Wildman–Crippen LogP) is 2.05. The van der Waals surface area contributed by atoms with Crippen molar-refractivity contribution in [1.29, 1.82) is 0 Å². The molecule has 8 nitrogen and oxygen atoms in total. The second kappa shape index (κ2) is 7.64. The van der Waals surface area contributed by atoms with E-state index in [-0.39, 0.29) is 0 Å². The molecule has 0 fully saturated rings. The number of ether oxygens (including phenoxy) is 4. The smallest absolute Gasteiger partial charge is 0.314 e. The van der Waals surface area contributed by atoms with Crippen LogP contribution in [0.15, 0.2) is 36.4 Å². The van der Waals surface area contributed by atoms with E-state index in [1.165, 1.54) is 14.2 Å². The van der Waals surface area contributed by atoms with Gasteiger partial charge in [-0.25, -0.2) is 0 Å². The van der Waals surface area contributed by atoms with Gasteiger partial charge in [0.15, 0.2) is 23.0 Å². The van der Waals surface area contributed by atoms with E-state index in [1.54, 1.807) is 36.4 Å². The fourth-order valence-corrected chi connectivity index (χ4v) is 2.41. The van der Waals surface area contributed by atoms with Gasteiger partial charge in [0, 0.05) is 23.5 Å². The van der Waals surface area contributed by atoms with Crippen LogP contribution < -0.4 is 29.6 Å². The van der Waals surface area contributed by atoms with Gasteiger partial charge in [-0.1, -0.05) is 0 Å². The molecule has 0 bridgehead atoms. The van der Waals surface area contributed by atoms with E-state index in [0.717, 1.165) is 0 Å². The monoisotopic (exact) mass is 358 g/mol. The fourth-order valence-electron chi connectivity index (χ4n) is 2.41. The van der Waals surface area contributed by atoms with Crippen molar-refractivity contribution in [3.63, 3.8) is 0 Å². The zero-order chi connectivity index (χ0) is 18.5. The molecule has 0 radical (unpaired) electrons. The zero-order valence-corrected chi connectivity index (χ0v) is 14.3. The van der Waals surface area contributed by atoms with E-state index in [0.29, 0.717) is 47.6 Å². The van der Waals surface area contributed by atoms with Crippen LogP contribution in [0.5, 0.6) is 23.0 Å². The molecule has 0 aliphatic carbocycles. The number of fused-ring (bicyclic) bond motifs is 1. The molecule has 0 aromatic heterocycles. The molecule has 136 valence electrons. The molecule has 1 aliphatic heterocycles. The molecule has 1 heterocycles. The highest BCUT2D eigenvalue weighted by molar-refractivity contribution is 6.43. The first-order valence-corrected chi connectivity index (χ1v) is 7.84. The summed E-state index contributed by atoms with van der Waals surface area (Å²) in [5, 5.41) is 5.03. The quantitative estimate of drug-likeness (QED) is 0.813. The summed E-state index contributed by atoms with van der Waals surface area (Å²) < 4.78 is 21.2. The lowest BCUT2D eigenvalue weighted by molar-refractivity contribution is -0.133. The first-order valence-electron chi connectivity index (χ1n) is 7.84. The summed E-state index contributed by atoms with van der Waals surface area (Å²) in [6, 6.07) is 9.72. The van der Waals surface area contributed by atoms with Crippen molar-refractivity contribution in [2.45, 2.75) is 0 Å². The third-order valence-electron chi connectivity index (χ3n) is 3.65. The Morgan fingerprint density at radius 1 is 0.808 bits per heavy atom. The Balaban J connectivity index is 1.66. The maximum Gasteiger partial charge on any atom is 0.314 e. The number of hydrogen-bond donors (Lipinski definition) is 2. The Bertz CT molecular complexity index is 785. The molecule has 1 aliphatic rings. The predicted molar refractivity (Wildman–Crippen MR) is 94.2 cm³/mol. The largest absolute Gasteiger partial charge is 0.493 e. The van der Waals surface area contributed by atoms with Gasteiger partial charge in [0.25, 0.3) is 0 Å². The highest BCUT2D eigenvalue weighted by atomic mass is 16.6. The van der Waals surface area contributed by atoms with E-state index in [4.69, 9.17) is 18.9 Å². The standard InChI is InChI=1S/C18H18N2O6/c1-23-13-5-3-11(9-15(13)24-2)19-17(21)18(22)20-12-4-6-14-16(10-12)26-8-7-25-14/h3-6,9-10H,7-8H2,1-2H3,(H,19,21)(H,20,22). The van der Waals surface area contributed by atoms with Gasteiger partial charge in [-0.05, 0) is 24.3 Å². The number of carbonyl (C=O) groups is 2. The lowest BCUT2D eigenvalue weighted by Crippen LogP contribution is -2.29. The zero-order valence-electron chi connectivity index (χ0n) is 14.3. The number of methoxy groups -OCH3 is 2. The third-order valence-corrected chi connectivity index (χ3v) is 3.65. The Morgan fingerprint density at radius 3 is 2.04 bits per heavy atom. The number of amides is 2. The number of rotatable bonds is 4. The minimum absolute atomic E-state index is 0.407. The van der Waals surface area contributed by atoms with Gasteiger partial charge in [0.1, 0.15) is 13.2 Å². The van der Waals surface area contributed by atoms with Crippen molar-refractivity contribution in [2.75, 3.05) is 38.1 Å². The summed E-state index contributed by atoms with van der Waals surface area (Å²) in [7, 11) is 2.99. The number of anilines is 2. The van der Waals surface area contributed by atoms with Gasteiger partial charge in [-0.15, -0.1) is 0 Å². The van der Waals surface area contributed by atoms with Crippen molar-refractivity contribution < 1.29 is 28.5 Å². The molecule has 0 atom stereocenters. The summed E-state index contributed by atoms with van der Waals surface area (Å²) in [5.41, 5.74) is 0.840. The lowest BCUT2D eigenvalue weighted by atomic mass is 10.2. The van der Waals surface area contributed by atoms with Gasteiger partial charge in [-0.2, -0.15) is 0 Å². The van der Waals surface area contributed by atoms with Gasteiger partial charge in [0.05, 0.1) is 14.2 Å². The van der Waals surface area contributed by atoms with E-state index in [1.807, 2.05) is 0 Å². The fraction of sp³-hybridized carbons (Fsp3) is 0.222. The van der Waals surface area contributed by atoms with Gasteiger partial charge < -0.3 is 29.6 Å². The molecule has 0 saturated carbocycles. The highest BCUT2D eigenvalue weighted by Gasteiger charge is 2.17. The molecular formula is C18H18N2O6. The van der Waals surface area contributed by atoms with Crippen LogP contribution in [0.25, 0.3) is 0 Å². The van der Waals surface area contributed by atoms with Crippen molar-refractivity contribution in [1.82, 2.24) is 0 Å². The normalized spacial score (nSPS) is 12.1. The first kappa shape index (κ1) is 17.4. The van der Waals surface area contributed by atoms with Gasteiger partial charge in [0.2, 0.25) is 0 Å². The van der Waals surface area contributed by atoms with Crippen LogP contribution in [0, 0.1) is 0 Å². The molecule has 8 heteroatoms. The molecule has 2 amide bonds. The van der Waals surface area contributed by atoms with E-state index >= 15 is 0 Å². The van der Waals surface area contributed by atoms with Crippen molar-refractivity contribution in [2.24, 2.45) is 0 Å². The van der Waals surface area contributed by atoms with Crippen LogP contribution in [-0.4, -0.2) is 39.2 Å². The molecule has 0 unspecified atom stereocenters. The van der Waals surface area contributed by atoms with Crippen LogP contribution in [0.1, 0.15) is 0 Å². The highest BCUT2D eigenvalue weighted by Crippen LogP contribution is 2.32. The van der Waals surface area contributed by atoms with Crippen LogP contribution in [-0.2, 0) is 9.59 Å². The number of carbonyl (C=O) groups excluding carboxylic acids is 2. The van der Waals surface area contributed by atoms with Crippen molar-refractivity contribution in [3.8, 4) is 23.0 Å². The summed E-state index contributed by atoms with van der Waals surface area (Å²) in [6.07, 6.45) is 0. The summed E-state index contributed by atoms with van der Waals surface area (Å²) in [4.78, 5) is 24.2. The molecule has 2 aromatic rings. The van der Waals surface area contributed by atoms with E-state index in [9.17, 15) is 9.59 Å². The topological polar surface area (TPSA) is 95.1 Å². The molecular weight excluding hydrogens is 340 g/mol. The van der Waals surface area contributed by atoms with E-state index in [2.05, 4.69) is 10.6 Å². The number of hydrogen-bond acceptors (Lipinski definition) is 6. The van der Waals surface area contributed by atoms with Crippen LogP contribution >= 0.6 is 0 Å². The van der Waals surface area contributed by atoms with Crippen molar-refractivity contribution >= 4 is 23.2 Å². The molecule has 0 spiro atoms. The Hall–Kier alpha value is -3.42. The van der Waals surface area contributed by atoms with Crippen LogP contribution in [0.3, 0.4) is 0 Å². The van der Waals surface area contributed by atoms with Crippen molar-refractivity contribution in [3.05, 3.63) is 36.4 Å². The Kier molecular flexibility index (Phi) is 5.12. The molecule has 2 aromatic carbocycles. The van der Waals surface area contributed by atoms with Crippen LogP contribution in [0.4, 0.5) is 11.4 Å². The molecule has 3 rings (SSSR count). The second-order valence-electron chi connectivity index (χ2n) is 5.34. The summed E-state index contributed by atoms with van der Waals surface area (Å²) in [6.45, 7) is 0.913. The lowest BCUT2D eigenvalue weighted by Gasteiger charge is -2.18. The minimum atomic E-state index is -0.813. The molecule has 0 saturated heterocycles. The first-order chi connectivity index (χ1) is 12.6. The SMILES string of the molecule is COc1ccc(NC(=O)C(=O)Nc2ccc3c(c2)OCCO3)cc1OC. The second-order valence-corrected chi connectivity index (χ2v) is 5.34. The maximum atomic E-state index is 12.1. The average Bonchev–Trinajstić information content (AvgIpc) is 2.67. The average molecular weight is 358 g/mol. The van der Waals surface area contributed by atoms with E-state index < -0.39 is 11.8 Å². The summed E-state index contributed by atoms with van der Waals surface area (Å²) in [5.74, 6) is 0.464. The maximum absolute atomic E-state index is 12.1. The Labute approximate surface area is 150 Å². The van der Waals surface area contributed by atoms with Crippen LogP contribution in [0.2, 0.25) is 0 Å². The Morgan fingerprint density at radius 2 is 1.38 bits per heavy atom. The third kappa shape index (κ3) is 3.80. The molecule has 2 N–H and O–H groups in total. The summed E-state index contributed by atoms with van der Waals surface area (Å²) >= 11 is 0. The minimum Gasteiger partial charge on any atom is -0.493 e. The van der Waals surface area contributed by atoms with Gasteiger partial charge >= 0.3 is 11.8 Å². The van der Waals surface area contributed by atoms with Gasteiger partial charge in [-0.3, -0.25) is 9.59 Å². The number of benzene rings is 2.